The van der Waals surface area contributed by atoms with Crippen LogP contribution in [0.3, 0.4) is 0 Å². The molecule has 0 saturated carbocycles. The maximum absolute atomic E-state index is 11.6. The first kappa shape index (κ1) is 14.7. The molecule has 1 heterocycles. The summed E-state index contributed by atoms with van der Waals surface area (Å²) in [7, 11) is 0. The van der Waals surface area contributed by atoms with Crippen LogP contribution in [0.15, 0.2) is 36.4 Å². The van der Waals surface area contributed by atoms with Crippen LogP contribution in [-0.2, 0) is 11.3 Å². The number of carboxylic acid groups (broad SMARTS) is 1. The Morgan fingerprint density at radius 1 is 1.24 bits per heavy atom. The summed E-state index contributed by atoms with van der Waals surface area (Å²) < 4.78 is 4.97. The van der Waals surface area contributed by atoms with Gasteiger partial charge in [-0.05, 0) is 17.2 Å². The van der Waals surface area contributed by atoms with Gasteiger partial charge in [0.15, 0.2) is 5.69 Å². The van der Waals surface area contributed by atoms with Crippen LogP contribution >= 0.6 is 11.6 Å². The van der Waals surface area contributed by atoms with Crippen molar-refractivity contribution < 1.29 is 19.4 Å². The smallest absolute Gasteiger partial charge is 0.413 e. The van der Waals surface area contributed by atoms with Crippen molar-refractivity contribution in [1.82, 2.24) is 9.97 Å². The molecule has 0 radical (unpaired) electrons. The van der Waals surface area contributed by atoms with Gasteiger partial charge in [-0.2, -0.15) is 0 Å². The fourth-order valence-electron chi connectivity index (χ4n) is 1.46. The Morgan fingerprint density at radius 2 is 1.95 bits per heavy atom. The number of benzene rings is 1. The Hall–Kier alpha value is -2.67. The molecule has 2 aromatic rings. The van der Waals surface area contributed by atoms with Gasteiger partial charge in [-0.15, -0.1) is 0 Å². The number of carbonyl (C=O) groups excluding carboxylic acids is 1. The molecule has 108 valence electrons. The molecular formula is C13H10ClN3O4. The number of nitrogens with zero attached hydrogens (tertiary/aromatic N) is 2. The highest BCUT2D eigenvalue weighted by Gasteiger charge is 2.12. The van der Waals surface area contributed by atoms with Crippen LogP contribution in [0.5, 0.6) is 0 Å². The van der Waals surface area contributed by atoms with Gasteiger partial charge < -0.3 is 9.84 Å². The van der Waals surface area contributed by atoms with Crippen molar-refractivity contribution in [2.24, 2.45) is 0 Å². The molecule has 1 aromatic heterocycles. The summed E-state index contributed by atoms with van der Waals surface area (Å²) in [5.41, 5.74) is 0.493. The molecule has 8 heteroatoms. The summed E-state index contributed by atoms with van der Waals surface area (Å²) in [6.45, 7) is 0.0806. The quantitative estimate of drug-likeness (QED) is 0.842. The number of carbonyl (C=O) groups is 2. The molecule has 0 spiro atoms. The van der Waals surface area contributed by atoms with E-state index in [4.69, 9.17) is 21.4 Å². The van der Waals surface area contributed by atoms with E-state index in [9.17, 15) is 9.59 Å². The second-order valence-electron chi connectivity index (χ2n) is 3.90. The van der Waals surface area contributed by atoms with E-state index in [0.29, 0.717) is 0 Å². The third-order valence-corrected chi connectivity index (χ3v) is 2.53. The second-order valence-corrected chi connectivity index (χ2v) is 4.24. The zero-order valence-electron chi connectivity index (χ0n) is 10.6. The molecule has 0 aliphatic rings. The van der Waals surface area contributed by atoms with Crippen LogP contribution in [0.25, 0.3) is 0 Å². The van der Waals surface area contributed by atoms with Crippen LogP contribution in [0.1, 0.15) is 16.1 Å². The summed E-state index contributed by atoms with van der Waals surface area (Å²) in [5, 5.41) is 10.8. The van der Waals surface area contributed by atoms with Crippen molar-refractivity contribution in [2.75, 3.05) is 5.32 Å². The average molecular weight is 308 g/mol. The zero-order chi connectivity index (χ0) is 15.2. The van der Waals surface area contributed by atoms with Gasteiger partial charge in [0, 0.05) is 6.07 Å². The van der Waals surface area contributed by atoms with Gasteiger partial charge in [0.05, 0.1) is 0 Å². The largest absolute Gasteiger partial charge is 0.477 e. The van der Waals surface area contributed by atoms with Crippen LogP contribution < -0.4 is 5.32 Å². The SMILES string of the molecule is O=C(Nc1cc(C(=O)O)nc(Cl)n1)OCc1ccccc1. The lowest BCUT2D eigenvalue weighted by Crippen LogP contribution is -2.15. The number of nitrogens with one attached hydrogen (secondary N) is 1. The zero-order valence-corrected chi connectivity index (χ0v) is 11.4. The van der Waals surface area contributed by atoms with Gasteiger partial charge in [-0.1, -0.05) is 30.3 Å². The lowest BCUT2D eigenvalue weighted by Gasteiger charge is -2.07. The summed E-state index contributed by atoms with van der Waals surface area (Å²) in [6, 6.07) is 10.2. The fraction of sp³-hybridized carbons (Fsp3) is 0.0769. The standard InChI is InChI=1S/C13H10ClN3O4/c14-12-15-9(11(18)19)6-10(16-12)17-13(20)21-7-8-4-2-1-3-5-8/h1-6H,7H2,(H,18,19)(H,15,16,17,20). The Balaban J connectivity index is 1.98. The number of carboxylic acids is 1. The minimum absolute atomic E-state index is 0.0505. The molecule has 0 saturated heterocycles. The normalized spacial score (nSPS) is 9.95. The summed E-state index contributed by atoms with van der Waals surface area (Å²) in [6.07, 6.45) is -0.773. The molecule has 1 amide bonds. The van der Waals surface area contributed by atoms with Gasteiger partial charge >= 0.3 is 12.1 Å². The number of amides is 1. The number of rotatable bonds is 4. The van der Waals surface area contributed by atoms with Gasteiger partial charge in [-0.3, -0.25) is 5.32 Å². The highest BCUT2D eigenvalue weighted by Crippen LogP contribution is 2.11. The van der Waals surface area contributed by atoms with Crippen molar-refractivity contribution >= 4 is 29.5 Å². The highest BCUT2D eigenvalue weighted by atomic mass is 35.5. The number of aromatic carboxylic acids is 1. The number of ether oxygens (including phenoxy) is 1. The van der Waals surface area contributed by atoms with Crippen LogP contribution in [0, 0.1) is 0 Å². The lowest BCUT2D eigenvalue weighted by atomic mass is 10.2. The Kier molecular flexibility index (Phi) is 4.68. The summed E-state index contributed by atoms with van der Waals surface area (Å²) in [5.74, 6) is -1.33. The third kappa shape index (κ3) is 4.43. The van der Waals surface area contributed by atoms with Gasteiger partial charge in [0.2, 0.25) is 5.28 Å². The molecular weight excluding hydrogens is 298 g/mol. The van der Waals surface area contributed by atoms with Gasteiger partial charge in [-0.25, -0.2) is 19.6 Å². The predicted octanol–water partition coefficient (Wildman–Crippen LogP) is 2.58. The van der Waals surface area contributed by atoms with E-state index in [0.717, 1.165) is 11.6 Å². The Labute approximate surface area is 124 Å². The monoisotopic (exact) mass is 307 g/mol. The third-order valence-electron chi connectivity index (χ3n) is 2.36. The Morgan fingerprint density at radius 3 is 2.62 bits per heavy atom. The van der Waals surface area contributed by atoms with E-state index >= 15 is 0 Å². The van der Waals surface area contributed by atoms with Gasteiger partial charge in [0.25, 0.3) is 0 Å². The number of halogens is 1. The van der Waals surface area contributed by atoms with Crippen molar-refractivity contribution in [3.8, 4) is 0 Å². The van der Waals surface area contributed by atoms with Crippen molar-refractivity contribution in [2.45, 2.75) is 6.61 Å². The first-order valence-electron chi connectivity index (χ1n) is 5.80. The average Bonchev–Trinajstić information content (AvgIpc) is 2.45. The molecule has 1 aromatic carbocycles. The first-order valence-corrected chi connectivity index (χ1v) is 6.18. The molecule has 7 nitrogen and oxygen atoms in total. The van der Waals surface area contributed by atoms with Gasteiger partial charge in [0.1, 0.15) is 12.4 Å². The summed E-state index contributed by atoms with van der Waals surface area (Å²) in [4.78, 5) is 29.6. The van der Waals surface area contributed by atoms with E-state index in [1.807, 2.05) is 18.2 Å². The van der Waals surface area contributed by atoms with Crippen LogP contribution in [0.2, 0.25) is 5.28 Å². The maximum atomic E-state index is 11.6. The maximum Gasteiger partial charge on any atom is 0.413 e. The molecule has 2 rings (SSSR count). The van der Waals surface area contributed by atoms with Crippen LogP contribution in [-0.4, -0.2) is 27.1 Å². The lowest BCUT2D eigenvalue weighted by molar-refractivity contribution is 0.0690. The minimum atomic E-state index is -1.28. The topological polar surface area (TPSA) is 101 Å². The molecule has 0 atom stereocenters. The molecule has 0 bridgehead atoms. The Bertz CT molecular complexity index is 664. The van der Waals surface area contributed by atoms with E-state index in [-0.39, 0.29) is 23.4 Å². The number of aromatic nitrogens is 2. The molecule has 0 fully saturated rings. The van der Waals surface area contributed by atoms with Crippen molar-refractivity contribution in [1.29, 1.82) is 0 Å². The first-order chi connectivity index (χ1) is 10.0. The number of hydrogen-bond acceptors (Lipinski definition) is 5. The van der Waals surface area contributed by atoms with Crippen LogP contribution in [0.4, 0.5) is 10.6 Å². The molecule has 21 heavy (non-hydrogen) atoms. The van der Waals surface area contributed by atoms with Crippen molar-refractivity contribution in [3.63, 3.8) is 0 Å². The molecule has 2 N–H and O–H groups in total. The molecule has 0 aliphatic heterocycles. The molecule has 0 aliphatic carbocycles. The van der Waals surface area contributed by atoms with E-state index < -0.39 is 12.1 Å². The van der Waals surface area contributed by atoms with Crippen molar-refractivity contribution in [3.05, 3.63) is 52.9 Å². The van der Waals surface area contributed by atoms with E-state index in [2.05, 4.69) is 15.3 Å². The predicted molar refractivity (Wildman–Crippen MR) is 74.3 cm³/mol. The second kappa shape index (κ2) is 6.67. The number of anilines is 1. The highest BCUT2D eigenvalue weighted by molar-refractivity contribution is 6.28. The van der Waals surface area contributed by atoms with E-state index in [1.165, 1.54) is 0 Å². The van der Waals surface area contributed by atoms with E-state index in [1.54, 1.807) is 12.1 Å². The molecule has 0 unspecified atom stereocenters. The fourth-order valence-corrected chi connectivity index (χ4v) is 1.64. The minimum Gasteiger partial charge on any atom is -0.477 e. The number of hydrogen-bond donors (Lipinski definition) is 2. The summed E-state index contributed by atoms with van der Waals surface area (Å²) >= 11 is 5.57.